The number of carbonyl (C=O) groups excluding carboxylic acids is 2. The third-order valence-electron chi connectivity index (χ3n) is 2.05. The quantitative estimate of drug-likeness (QED) is 0.860. The molecule has 0 aliphatic rings. The second kappa shape index (κ2) is 6.21. The number of carbonyl (C=O) groups is 2. The minimum absolute atomic E-state index is 0.0772. The summed E-state index contributed by atoms with van der Waals surface area (Å²) in [6.07, 6.45) is -4.34. The van der Waals surface area contributed by atoms with E-state index in [1.165, 1.54) is 18.2 Å². The van der Waals surface area contributed by atoms with E-state index in [1.54, 1.807) is 5.32 Å². The summed E-state index contributed by atoms with van der Waals surface area (Å²) < 4.78 is 41.0. The average Bonchev–Trinajstić information content (AvgIpc) is 2.35. The average molecular weight is 275 g/mol. The van der Waals surface area contributed by atoms with Gasteiger partial charge in [-0.05, 0) is 24.6 Å². The summed E-state index contributed by atoms with van der Waals surface area (Å²) in [5.74, 6) is -2.74. The van der Waals surface area contributed by atoms with Crippen molar-refractivity contribution in [3.63, 3.8) is 0 Å². The molecule has 0 unspecified atom stereocenters. The molecule has 0 aliphatic heterocycles. The van der Waals surface area contributed by atoms with Gasteiger partial charge in [-0.15, -0.1) is 0 Å². The zero-order valence-electron chi connectivity index (χ0n) is 10.1. The standard InChI is InChI=1S/C12H12F3NO3/c1-2-6-19-10(17)8-4-3-5-9(7-8)16-11(18)12(13,14)15/h3-5,7H,2,6H2,1H3,(H,16,18). The second-order valence-electron chi connectivity index (χ2n) is 3.67. The molecule has 0 bridgehead atoms. The van der Waals surface area contributed by atoms with E-state index >= 15 is 0 Å². The van der Waals surface area contributed by atoms with E-state index in [1.807, 2.05) is 6.92 Å². The maximum absolute atomic E-state index is 12.1. The van der Waals surface area contributed by atoms with Gasteiger partial charge in [-0.25, -0.2) is 4.79 Å². The lowest BCUT2D eigenvalue weighted by Crippen LogP contribution is -2.29. The molecule has 104 valence electrons. The van der Waals surface area contributed by atoms with Crippen molar-refractivity contribution < 1.29 is 27.5 Å². The van der Waals surface area contributed by atoms with Crippen molar-refractivity contribution in [1.29, 1.82) is 0 Å². The second-order valence-corrected chi connectivity index (χ2v) is 3.67. The molecule has 1 aromatic carbocycles. The Morgan fingerprint density at radius 2 is 2.00 bits per heavy atom. The zero-order valence-corrected chi connectivity index (χ0v) is 10.1. The summed E-state index contributed by atoms with van der Waals surface area (Å²) in [4.78, 5) is 22.2. The van der Waals surface area contributed by atoms with Crippen LogP contribution in [0.15, 0.2) is 24.3 Å². The van der Waals surface area contributed by atoms with Crippen molar-refractivity contribution in [2.24, 2.45) is 0 Å². The van der Waals surface area contributed by atoms with E-state index in [0.29, 0.717) is 6.42 Å². The van der Waals surface area contributed by atoms with Gasteiger partial charge in [-0.3, -0.25) is 4.79 Å². The van der Waals surface area contributed by atoms with E-state index in [0.717, 1.165) is 6.07 Å². The van der Waals surface area contributed by atoms with Gasteiger partial charge >= 0.3 is 18.1 Å². The number of hydrogen-bond acceptors (Lipinski definition) is 3. The van der Waals surface area contributed by atoms with E-state index < -0.39 is 18.1 Å². The van der Waals surface area contributed by atoms with Crippen LogP contribution in [-0.2, 0) is 9.53 Å². The van der Waals surface area contributed by atoms with Gasteiger partial charge in [0.05, 0.1) is 12.2 Å². The Morgan fingerprint density at radius 3 is 2.58 bits per heavy atom. The fourth-order valence-electron chi connectivity index (χ4n) is 1.20. The third-order valence-corrected chi connectivity index (χ3v) is 2.05. The highest BCUT2D eigenvalue weighted by molar-refractivity contribution is 5.97. The van der Waals surface area contributed by atoms with Gasteiger partial charge in [0, 0.05) is 5.69 Å². The summed E-state index contributed by atoms with van der Waals surface area (Å²) >= 11 is 0. The van der Waals surface area contributed by atoms with Crippen LogP contribution in [-0.4, -0.2) is 24.7 Å². The van der Waals surface area contributed by atoms with E-state index in [2.05, 4.69) is 0 Å². The number of ether oxygens (including phenoxy) is 1. The van der Waals surface area contributed by atoms with Crippen LogP contribution in [0.5, 0.6) is 0 Å². The number of anilines is 1. The molecule has 7 heteroatoms. The number of esters is 1. The first-order chi connectivity index (χ1) is 8.84. The summed E-state index contributed by atoms with van der Waals surface area (Å²) in [5, 5.41) is 1.66. The first kappa shape index (κ1) is 15.0. The van der Waals surface area contributed by atoms with Crippen molar-refractivity contribution in [3.05, 3.63) is 29.8 Å². The Morgan fingerprint density at radius 1 is 1.32 bits per heavy atom. The third kappa shape index (κ3) is 4.61. The fraction of sp³-hybridized carbons (Fsp3) is 0.333. The van der Waals surface area contributed by atoms with Gasteiger partial charge in [0.1, 0.15) is 0 Å². The van der Waals surface area contributed by atoms with E-state index in [-0.39, 0.29) is 17.9 Å². The van der Waals surface area contributed by atoms with Crippen molar-refractivity contribution in [1.82, 2.24) is 0 Å². The van der Waals surface area contributed by atoms with Gasteiger partial charge in [-0.2, -0.15) is 13.2 Å². The number of halogens is 3. The van der Waals surface area contributed by atoms with Gasteiger partial charge in [-0.1, -0.05) is 13.0 Å². The van der Waals surface area contributed by atoms with Crippen LogP contribution in [0.25, 0.3) is 0 Å². The topological polar surface area (TPSA) is 55.4 Å². The maximum atomic E-state index is 12.1. The molecule has 0 saturated carbocycles. The molecule has 1 N–H and O–H groups in total. The summed E-state index contributed by atoms with van der Waals surface area (Å²) in [6.45, 7) is 2.03. The molecule has 4 nitrogen and oxygen atoms in total. The Kier molecular flexibility index (Phi) is 4.91. The van der Waals surface area contributed by atoms with Crippen LogP contribution in [0.4, 0.5) is 18.9 Å². The van der Waals surface area contributed by atoms with Crippen LogP contribution in [0.3, 0.4) is 0 Å². The molecule has 1 rings (SSSR count). The summed E-state index contributed by atoms with van der Waals surface area (Å²) in [5.41, 5.74) is -0.0401. The van der Waals surface area contributed by atoms with Crippen molar-refractivity contribution >= 4 is 17.6 Å². The van der Waals surface area contributed by atoms with Gasteiger partial charge in [0.15, 0.2) is 0 Å². The highest BCUT2D eigenvalue weighted by Gasteiger charge is 2.38. The zero-order chi connectivity index (χ0) is 14.5. The Bertz CT molecular complexity index is 472. The highest BCUT2D eigenvalue weighted by atomic mass is 19.4. The van der Waals surface area contributed by atoms with Crippen molar-refractivity contribution in [2.75, 3.05) is 11.9 Å². The highest BCUT2D eigenvalue weighted by Crippen LogP contribution is 2.19. The Balaban J connectivity index is 2.77. The van der Waals surface area contributed by atoms with Crippen LogP contribution in [0.1, 0.15) is 23.7 Å². The molecule has 0 radical (unpaired) electrons. The summed E-state index contributed by atoms with van der Waals surface area (Å²) in [7, 11) is 0. The number of nitrogens with one attached hydrogen (secondary N) is 1. The van der Waals surface area contributed by atoms with Gasteiger partial charge < -0.3 is 10.1 Å². The Labute approximate surface area is 107 Å². The van der Waals surface area contributed by atoms with E-state index in [4.69, 9.17) is 4.74 Å². The molecule has 0 spiro atoms. The first-order valence-corrected chi connectivity index (χ1v) is 5.50. The molecule has 1 amide bonds. The van der Waals surface area contributed by atoms with Crippen LogP contribution in [0.2, 0.25) is 0 Å². The SMILES string of the molecule is CCCOC(=O)c1cccc(NC(=O)C(F)(F)F)c1. The maximum Gasteiger partial charge on any atom is 0.471 e. The molecule has 0 atom stereocenters. The summed E-state index contributed by atoms with van der Waals surface area (Å²) in [6, 6.07) is 5.12. The lowest BCUT2D eigenvalue weighted by molar-refractivity contribution is -0.167. The predicted molar refractivity (Wildman–Crippen MR) is 61.7 cm³/mol. The number of benzene rings is 1. The van der Waals surface area contributed by atoms with Crippen LogP contribution < -0.4 is 5.32 Å². The minimum Gasteiger partial charge on any atom is -0.462 e. The fourth-order valence-corrected chi connectivity index (χ4v) is 1.20. The molecule has 0 saturated heterocycles. The molecule has 1 aromatic rings. The number of alkyl halides is 3. The molecule has 0 aliphatic carbocycles. The van der Waals surface area contributed by atoms with Crippen LogP contribution in [0, 0.1) is 0 Å². The van der Waals surface area contributed by atoms with Crippen LogP contribution >= 0.6 is 0 Å². The van der Waals surface area contributed by atoms with Crippen molar-refractivity contribution in [3.8, 4) is 0 Å². The molecule has 0 heterocycles. The van der Waals surface area contributed by atoms with Gasteiger partial charge in [0.2, 0.25) is 0 Å². The molecular formula is C12H12F3NO3. The monoisotopic (exact) mass is 275 g/mol. The van der Waals surface area contributed by atoms with E-state index in [9.17, 15) is 22.8 Å². The lowest BCUT2D eigenvalue weighted by atomic mass is 10.2. The number of hydrogen-bond donors (Lipinski definition) is 1. The molecular weight excluding hydrogens is 263 g/mol. The minimum atomic E-state index is -4.97. The number of rotatable bonds is 4. The largest absolute Gasteiger partial charge is 0.471 e. The van der Waals surface area contributed by atoms with Crippen molar-refractivity contribution in [2.45, 2.75) is 19.5 Å². The lowest BCUT2D eigenvalue weighted by Gasteiger charge is -2.09. The molecule has 0 fully saturated rings. The predicted octanol–water partition coefficient (Wildman–Crippen LogP) is 2.75. The first-order valence-electron chi connectivity index (χ1n) is 5.50. The molecule has 0 aromatic heterocycles. The molecule has 19 heavy (non-hydrogen) atoms. The Hall–Kier alpha value is -2.05. The van der Waals surface area contributed by atoms with Gasteiger partial charge in [0.25, 0.3) is 0 Å². The smallest absolute Gasteiger partial charge is 0.462 e. The normalized spacial score (nSPS) is 10.9. The number of amides is 1.